The van der Waals surface area contributed by atoms with Crippen molar-refractivity contribution in [2.45, 2.75) is 26.4 Å². The zero-order chi connectivity index (χ0) is 15.5. The van der Waals surface area contributed by atoms with Crippen LogP contribution in [0.15, 0.2) is 48.5 Å². The molecule has 0 heterocycles. The van der Waals surface area contributed by atoms with Gasteiger partial charge in [0.1, 0.15) is 5.82 Å². The van der Waals surface area contributed by atoms with Crippen LogP contribution < -0.4 is 0 Å². The first-order chi connectivity index (χ1) is 9.88. The molecule has 2 aromatic rings. The zero-order valence-electron chi connectivity index (χ0n) is 12.5. The van der Waals surface area contributed by atoms with E-state index in [1.54, 1.807) is 26.0 Å². The molecule has 1 unspecified atom stereocenters. The molecular formula is C19H19FO. The fourth-order valence-corrected chi connectivity index (χ4v) is 1.80. The molecule has 1 N–H and O–H groups in total. The van der Waals surface area contributed by atoms with Crippen molar-refractivity contribution >= 4 is 0 Å². The number of hydrogen-bond donors (Lipinski definition) is 1. The van der Waals surface area contributed by atoms with E-state index in [0.717, 1.165) is 11.1 Å². The van der Waals surface area contributed by atoms with Crippen LogP contribution in [-0.4, -0.2) is 10.7 Å². The second-order valence-electron chi connectivity index (χ2n) is 5.70. The highest BCUT2D eigenvalue weighted by Crippen LogP contribution is 2.22. The van der Waals surface area contributed by atoms with Gasteiger partial charge in [-0.2, -0.15) is 0 Å². The first-order valence-electron chi connectivity index (χ1n) is 6.97. The monoisotopic (exact) mass is 282 g/mol. The van der Waals surface area contributed by atoms with Crippen LogP contribution in [0.2, 0.25) is 0 Å². The van der Waals surface area contributed by atoms with Crippen LogP contribution >= 0.6 is 0 Å². The van der Waals surface area contributed by atoms with E-state index in [1.807, 2.05) is 37.3 Å². The van der Waals surface area contributed by atoms with Crippen molar-refractivity contribution in [1.29, 1.82) is 0 Å². The average molecular weight is 282 g/mol. The van der Waals surface area contributed by atoms with Gasteiger partial charge in [0.2, 0.25) is 0 Å². The summed E-state index contributed by atoms with van der Waals surface area (Å²) in [6.07, 6.45) is 0. The van der Waals surface area contributed by atoms with Gasteiger partial charge >= 0.3 is 0 Å². The van der Waals surface area contributed by atoms with Gasteiger partial charge in [-0.25, -0.2) is 4.39 Å². The summed E-state index contributed by atoms with van der Waals surface area (Å²) in [5, 5.41) is 9.84. The summed E-state index contributed by atoms with van der Waals surface area (Å²) in [5.74, 6) is 5.72. The van der Waals surface area contributed by atoms with Crippen LogP contribution in [0.3, 0.4) is 0 Å². The lowest BCUT2D eigenvalue weighted by atomic mass is 9.93. The number of hydrogen-bond acceptors (Lipinski definition) is 1. The summed E-state index contributed by atoms with van der Waals surface area (Å²) in [5.41, 5.74) is 1.45. The molecule has 108 valence electrons. The maximum atomic E-state index is 13.7. The SMILES string of the molecule is CC(C#Cc1ccc(-c2ccccc2F)cc1)C(C)(C)O. The van der Waals surface area contributed by atoms with Crippen molar-refractivity contribution < 1.29 is 9.50 Å². The molecule has 0 amide bonds. The Morgan fingerprint density at radius 3 is 2.24 bits per heavy atom. The van der Waals surface area contributed by atoms with Gasteiger partial charge in [-0.3, -0.25) is 0 Å². The van der Waals surface area contributed by atoms with Crippen molar-refractivity contribution in [3.8, 4) is 23.0 Å². The molecule has 2 heteroatoms. The Morgan fingerprint density at radius 2 is 1.67 bits per heavy atom. The van der Waals surface area contributed by atoms with Crippen LogP contribution in [0.25, 0.3) is 11.1 Å². The Kier molecular flexibility index (Phi) is 4.45. The van der Waals surface area contributed by atoms with E-state index in [1.165, 1.54) is 6.07 Å². The van der Waals surface area contributed by atoms with Crippen molar-refractivity contribution in [2.75, 3.05) is 0 Å². The topological polar surface area (TPSA) is 20.2 Å². The van der Waals surface area contributed by atoms with Gasteiger partial charge in [0, 0.05) is 17.0 Å². The molecule has 0 saturated carbocycles. The Labute approximate surface area is 125 Å². The van der Waals surface area contributed by atoms with E-state index in [2.05, 4.69) is 11.8 Å². The highest BCUT2D eigenvalue weighted by molar-refractivity contribution is 5.64. The average Bonchev–Trinajstić information content (AvgIpc) is 2.45. The molecule has 21 heavy (non-hydrogen) atoms. The van der Waals surface area contributed by atoms with Gasteiger partial charge in [-0.15, -0.1) is 0 Å². The largest absolute Gasteiger partial charge is 0.389 e. The van der Waals surface area contributed by atoms with Crippen LogP contribution in [0.4, 0.5) is 4.39 Å². The Balaban J connectivity index is 2.21. The third-order valence-electron chi connectivity index (χ3n) is 3.56. The smallest absolute Gasteiger partial charge is 0.131 e. The second kappa shape index (κ2) is 6.11. The van der Waals surface area contributed by atoms with Gasteiger partial charge in [-0.05, 0) is 44.5 Å². The fraction of sp³-hybridized carbons (Fsp3) is 0.263. The van der Waals surface area contributed by atoms with Crippen LogP contribution in [0.5, 0.6) is 0 Å². The van der Waals surface area contributed by atoms with E-state index in [-0.39, 0.29) is 11.7 Å². The lowest BCUT2D eigenvalue weighted by molar-refractivity contribution is 0.0477. The number of rotatable bonds is 2. The molecule has 0 bridgehead atoms. The molecule has 2 aromatic carbocycles. The molecule has 0 aliphatic rings. The van der Waals surface area contributed by atoms with Gasteiger partial charge in [0.25, 0.3) is 0 Å². The van der Waals surface area contributed by atoms with Crippen LogP contribution in [0.1, 0.15) is 26.3 Å². The molecule has 0 aromatic heterocycles. The van der Waals surface area contributed by atoms with Gasteiger partial charge in [0.05, 0.1) is 5.60 Å². The van der Waals surface area contributed by atoms with E-state index in [9.17, 15) is 9.50 Å². The number of benzene rings is 2. The molecule has 0 spiro atoms. The minimum Gasteiger partial charge on any atom is -0.389 e. The molecule has 0 fully saturated rings. The first kappa shape index (κ1) is 15.3. The van der Waals surface area contributed by atoms with Crippen LogP contribution in [-0.2, 0) is 0 Å². The highest BCUT2D eigenvalue weighted by Gasteiger charge is 2.19. The third kappa shape index (κ3) is 3.93. The fourth-order valence-electron chi connectivity index (χ4n) is 1.80. The summed E-state index contributed by atoms with van der Waals surface area (Å²) >= 11 is 0. The van der Waals surface area contributed by atoms with Gasteiger partial charge in [-0.1, -0.05) is 42.2 Å². The predicted octanol–water partition coefficient (Wildman–Crippen LogP) is 4.25. The molecule has 1 atom stereocenters. The normalized spacial score (nSPS) is 12.4. The quantitative estimate of drug-likeness (QED) is 0.816. The lowest BCUT2D eigenvalue weighted by Gasteiger charge is -2.20. The summed E-state index contributed by atoms with van der Waals surface area (Å²) in [6, 6.07) is 14.2. The van der Waals surface area contributed by atoms with Crippen LogP contribution in [0, 0.1) is 23.6 Å². The van der Waals surface area contributed by atoms with E-state index in [0.29, 0.717) is 5.56 Å². The van der Waals surface area contributed by atoms with E-state index in [4.69, 9.17) is 0 Å². The lowest BCUT2D eigenvalue weighted by Crippen LogP contribution is -2.27. The molecule has 0 saturated heterocycles. The number of aliphatic hydroxyl groups is 1. The van der Waals surface area contributed by atoms with Crippen molar-refractivity contribution in [3.63, 3.8) is 0 Å². The summed E-state index contributed by atoms with van der Waals surface area (Å²) in [7, 11) is 0. The Hall–Kier alpha value is -2.11. The van der Waals surface area contributed by atoms with Crippen molar-refractivity contribution in [1.82, 2.24) is 0 Å². The Bertz CT molecular complexity index is 669. The zero-order valence-corrected chi connectivity index (χ0v) is 12.5. The molecule has 0 aliphatic carbocycles. The highest BCUT2D eigenvalue weighted by atomic mass is 19.1. The minimum absolute atomic E-state index is 0.122. The third-order valence-corrected chi connectivity index (χ3v) is 3.56. The predicted molar refractivity (Wildman–Crippen MR) is 84.2 cm³/mol. The van der Waals surface area contributed by atoms with Crippen molar-refractivity contribution in [3.05, 3.63) is 59.9 Å². The van der Waals surface area contributed by atoms with Gasteiger partial charge < -0.3 is 5.11 Å². The molecule has 2 rings (SSSR count). The Morgan fingerprint density at radius 1 is 1.05 bits per heavy atom. The summed E-state index contributed by atoms with van der Waals surface area (Å²) < 4.78 is 13.7. The van der Waals surface area contributed by atoms with Gasteiger partial charge in [0.15, 0.2) is 0 Å². The number of halogens is 1. The molecule has 1 nitrogen and oxygen atoms in total. The van der Waals surface area contributed by atoms with Crippen molar-refractivity contribution in [2.24, 2.45) is 5.92 Å². The van der Waals surface area contributed by atoms with E-state index < -0.39 is 5.60 Å². The molecule has 0 radical (unpaired) electrons. The molecular weight excluding hydrogens is 263 g/mol. The minimum atomic E-state index is -0.819. The second-order valence-corrected chi connectivity index (χ2v) is 5.70. The molecule has 0 aliphatic heterocycles. The standard InChI is InChI=1S/C19H19FO/c1-14(19(2,3)21)8-9-15-10-12-16(13-11-15)17-6-4-5-7-18(17)20/h4-7,10-14,21H,1-3H3. The van der Waals surface area contributed by atoms with E-state index >= 15 is 0 Å². The summed E-state index contributed by atoms with van der Waals surface area (Å²) in [4.78, 5) is 0. The first-order valence-corrected chi connectivity index (χ1v) is 6.97. The summed E-state index contributed by atoms with van der Waals surface area (Å²) in [6.45, 7) is 5.38. The maximum Gasteiger partial charge on any atom is 0.131 e. The maximum absolute atomic E-state index is 13.7.